The van der Waals surface area contributed by atoms with Crippen LogP contribution in [-0.4, -0.2) is 36.1 Å². The lowest BCUT2D eigenvalue weighted by Crippen LogP contribution is -2.33. The van der Waals surface area contributed by atoms with Crippen LogP contribution in [-0.2, 0) is 0 Å². The van der Waals surface area contributed by atoms with Crippen LogP contribution in [0.25, 0.3) is 11.3 Å². The first-order valence-electron chi connectivity index (χ1n) is 8.18. The Hall–Kier alpha value is -2.38. The zero-order chi connectivity index (χ0) is 15.9. The maximum absolute atomic E-state index is 9.28. The molecule has 0 unspecified atom stereocenters. The molecule has 0 bridgehead atoms. The number of likely N-dealkylation sites (tertiary alicyclic amines) is 1. The highest BCUT2D eigenvalue weighted by Gasteiger charge is 2.11. The lowest BCUT2D eigenvalue weighted by Gasteiger charge is -2.26. The molecule has 0 atom stereocenters. The Morgan fingerprint density at radius 1 is 1.04 bits per heavy atom. The highest BCUT2D eigenvalue weighted by atomic mass is 16.5. The maximum atomic E-state index is 9.28. The first kappa shape index (κ1) is 15.5. The van der Waals surface area contributed by atoms with Gasteiger partial charge in [0, 0.05) is 18.2 Å². The molecule has 0 N–H and O–H groups in total. The number of ether oxygens (including phenoxy) is 1. The summed E-state index contributed by atoms with van der Waals surface area (Å²) < 4.78 is 5.81. The zero-order valence-corrected chi connectivity index (χ0v) is 13.2. The van der Waals surface area contributed by atoms with E-state index in [0.717, 1.165) is 12.1 Å². The Balaban J connectivity index is 1.67. The molecule has 1 aliphatic rings. The van der Waals surface area contributed by atoms with Crippen LogP contribution in [0.5, 0.6) is 5.88 Å². The van der Waals surface area contributed by atoms with Crippen LogP contribution >= 0.6 is 0 Å². The van der Waals surface area contributed by atoms with Gasteiger partial charge >= 0.3 is 0 Å². The van der Waals surface area contributed by atoms with Crippen molar-refractivity contribution in [2.45, 2.75) is 19.3 Å². The van der Waals surface area contributed by atoms with Crippen molar-refractivity contribution in [3.05, 3.63) is 48.0 Å². The van der Waals surface area contributed by atoms with Crippen LogP contribution in [0, 0.1) is 11.3 Å². The van der Waals surface area contributed by atoms with Crippen molar-refractivity contribution in [2.75, 3.05) is 26.2 Å². The molecule has 1 saturated heterocycles. The third-order valence-corrected chi connectivity index (χ3v) is 4.14. The summed E-state index contributed by atoms with van der Waals surface area (Å²) in [5.74, 6) is 0.583. The Morgan fingerprint density at radius 3 is 2.57 bits per heavy atom. The summed E-state index contributed by atoms with van der Waals surface area (Å²) in [6.45, 7) is 3.90. The van der Waals surface area contributed by atoms with Gasteiger partial charge in [0.2, 0.25) is 5.88 Å². The van der Waals surface area contributed by atoms with Gasteiger partial charge in [0.05, 0.1) is 11.3 Å². The van der Waals surface area contributed by atoms with Crippen molar-refractivity contribution in [2.24, 2.45) is 0 Å². The monoisotopic (exact) mass is 307 g/mol. The van der Waals surface area contributed by atoms with Gasteiger partial charge in [-0.15, -0.1) is 0 Å². The van der Waals surface area contributed by atoms with Gasteiger partial charge < -0.3 is 4.74 Å². The molecule has 2 heterocycles. The fourth-order valence-corrected chi connectivity index (χ4v) is 2.89. The summed E-state index contributed by atoms with van der Waals surface area (Å²) in [4.78, 5) is 6.97. The van der Waals surface area contributed by atoms with E-state index in [1.807, 2.05) is 30.3 Å². The Morgan fingerprint density at radius 2 is 1.83 bits per heavy atom. The molecule has 23 heavy (non-hydrogen) atoms. The molecule has 0 radical (unpaired) electrons. The van der Waals surface area contributed by atoms with E-state index < -0.39 is 0 Å². The highest BCUT2D eigenvalue weighted by molar-refractivity contribution is 5.66. The molecule has 2 aromatic rings. The van der Waals surface area contributed by atoms with Gasteiger partial charge in [0.15, 0.2) is 0 Å². The van der Waals surface area contributed by atoms with Crippen molar-refractivity contribution in [3.8, 4) is 23.2 Å². The standard InChI is InChI=1S/C19H21N3O/c20-15-17-9-10-18(21-19(17)16-7-3-1-4-8-16)23-14-13-22-11-5-2-6-12-22/h1,3-4,7-10H,2,5-6,11-14H2. The molecular weight excluding hydrogens is 286 g/mol. The third kappa shape index (κ3) is 4.08. The Bertz CT molecular complexity index is 673. The molecule has 0 aliphatic carbocycles. The number of benzene rings is 1. The molecule has 118 valence electrons. The smallest absolute Gasteiger partial charge is 0.213 e. The molecule has 4 nitrogen and oxygen atoms in total. The summed E-state index contributed by atoms with van der Waals surface area (Å²) in [7, 11) is 0. The van der Waals surface area contributed by atoms with Crippen LogP contribution in [0.1, 0.15) is 24.8 Å². The first-order chi connectivity index (χ1) is 11.4. The van der Waals surface area contributed by atoms with E-state index in [1.165, 1.54) is 32.4 Å². The lowest BCUT2D eigenvalue weighted by atomic mass is 10.1. The molecule has 0 amide bonds. The minimum absolute atomic E-state index is 0.569. The van der Waals surface area contributed by atoms with E-state index in [0.29, 0.717) is 23.7 Å². The molecule has 0 saturated carbocycles. The summed E-state index contributed by atoms with van der Waals surface area (Å²) in [5, 5.41) is 9.28. The topological polar surface area (TPSA) is 49.1 Å². The van der Waals surface area contributed by atoms with Crippen molar-refractivity contribution in [1.29, 1.82) is 5.26 Å². The number of hydrogen-bond acceptors (Lipinski definition) is 4. The van der Waals surface area contributed by atoms with E-state index >= 15 is 0 Å². The van der Waals surface area contributed by atoms with Gasteiger partial charge in [-0.3, -0.25) is 4.90 Å². The van der Waals surface area contributed by atoms with E-state index in [9.17, 15) is 5.26 Å². The minimum atomic E-state index is 0.569. The number of aromatic nitrogens is 1. The van der Waals surface area contributed by atoms with Gasteiger partial charge in [0.1, 0.15) is 12.7 Å². The maximum Gasteiger partial charge on any atom is 0.213 e. The number of rotatable bonds is 5. The van der Waals surface area contributed by atoms with Crippen LogP contribution in [0.4, 0.5) is 0 Å². The second kappa shape index (κ2) is 7.75. The second-order valence-corrected chi connectivity index (χ2v) is 5.77. The predicted octanol–water partition coefficient (Wildman–Crippen LogP) is 3.48. The van der Waals surface area contributed by atoms with Gasteiger partial charge in [-0.25, -0.2) is 4.98 Å². The number of nitriles is 1. The zero-order valence-electron chi connectivity index (χ0n) is 13.2. The van der Waals surface area contributed by atoms with Gasteiger partial charge in [-0.1, -0.05) is 36.8 Å². The van der Waals surface area contributed by atoms with Crippen LogP contribution < -0.4 is 4.74 Å². The van der Waals surface area contributed by atoms with E-state index in [1.54, 1.807) is 12.1 Å². The summed E-state index contributed by atoms with van der Waals surface area (Å²) >= 11 is 0. The average Bonchev–Trinajstić information content (AvgIpc) is 2.63. The highest BCUT2D eigenvalue weighted by Crippen LogP contribution is 2.23. The quantitative estimate of drug-likeness (QED) is 0.848. The average molecular weight is 307 g/mol. The predicted molar refractivity (Wildman–Crippen MR) is 90.2 cm³/mol. The van der Waals surface area contributed by atoms with Gasteiger partial charge in [-0.05, 0) is 32.0 Å². The van der Waals surface area contributed by atoms with Crippen molar-refractivity contribution in [3.63, 3.8) is 0 Å². The van der Waals surface area contributed by atoms with Crippen LogP contribution in [0.2, 0.25) is 0 Å². The van der Waals surface area contributed by atoms with E-state index in [-0.39, 0.29) is 0 Å². The molecule has 3 rings (SSSR count). The molecule has 0 spiro atoms. The summed E-state index contributed by atoms with van der Waals surface area (Å²) in [6.07, 6.45) is 3.91. The molecule has 1 aliphatic heterocycles. The van der Waals surface area contributed by atoms with Crippen molar-refractivity contribution >= 4 is 0 Å². The van der Waals surface area contributed by atoms with Crippen molar-refractivity contribution in [1.82, 2.24) is 9.88 Å². The number of nitrogens with zero attached hydrogens (tertiary/aromatic N) is 3. The largest absolute Gasteiger partial charge is 0.476 e. The Kier molecular flexibility index (Phi) is 5.23. The first-order valence-corrected chi connectivity index (χ1v) is 8.18. The van der Waals surface area contributed by atoms with Crippen LogP contribution in [0.15, 0.2) is 42.5 Å². The number of pyridine rings is 1. The molecule has 4 heteroatoms. The lowest BCUT2D eigenvalue weighted by molar-refractivity contribution is 0.180. The van der Waals surface area contributed by atoms with E-state index in [4.69, 9.17) is 4.74 Å². The molecule has 1 aromatic heterocycles. The fraction of sp³-hybridized carbons (Fsp3) is 0.368. The van der Waals surface area contributed by atoms with Crippen LogP contribution in [0.3, 0.4) is 0 Å². The fourth-order valence-electron chi connectivity index (χ4n) is 2.89. The minimum Gasteiger partial charge on any atom is -0.476 e. The van der Waals surface area contributed by atoms with E-state index in [2.05, 4.69) is 16.0 Å². The molecule has 1 aromatic carbocycles. The SMILES string of the molecule is N#Cc1ccc(OCCN2CCCCC2)nc1-c1ccccc1. The number of hydrogen-bond donors (Lipinski definition) is 0. The van der Waals surface area contributed by atoms with Crippen molar-refractivity contribution < 1.29 is 4.74 Å². The summed E-state index contributed by atoms with van der Waals surface area (Å²) in [5.41, 5.74) is 2.19. The third-order valence-electron chi connectivity index (χ3n) is 4.14. The summed E-state index contributed by atoms with van der Waals surface area (Å²) in [6, 6.07) is 15.5. The number of piperidine rings is 1. The molecule has 1 fully saturated rings. The normalized spacial score (nSPS) is 15.1. The van der Waals surface area contributed by atoms with Gasteiger partial charge in [0.25, 0.3) is 0 Å². The van der Waals surface area contributed by atoms with Gasteiger partial charge in [-0.2, -0.15) is 5.26 Å². The molecular formula is C19H21N3O. The Labute approximate surface area is 137 Å². The second-order valence-electron chi connectivity index (χ2n) is 5.77.